The summed E-state index contributed by atoms with van der Waals surface area (Å²) in [6.07, 6.45) is 3.46. The molecule has 0 spiro atoms. The number of allylic oxidation sites excluding steroid dienone is 1. The maximum Gasteiger partial charge on any atom is 0.240 e. The van der Waals surface area contributed by atoms with E-state index >= 15 is 0 Å². The maximum atomic E-state index is 5.18. The zero-order chi connectivity index (χ0) is 5.70. The molecular weight excluding hydrogens is 156 g/mol. The van der Waals surface area contributed by atoms with Gasteiger partial charge in [0.1, 0.15) is 0 Å². The third-order valence-corrected chi connectivity index (χ3v) is 0.674. The average Bonchev–Trinajstić information content (AvgIpc) is 1.61. The van der Waals surface area contributed by atoms with Gasteiger partial charge >= 0.3 is 0 Å². The van der Waals surface area contributed by atoms with Crippen LogP contribution in [0.2, 0.25) is 0 Å². The fourth-order valence-corrected chi connectivity index (χ4v) is 0.295. The van der Waals surface area contributed by atoms with Crippen LogP contribution in [-0.2, 0) is 0 Å². The van der Waals surface area contributed by atoms with Crippen LogP contribution in [-0.4, -0.2) is 11.7 Å². The van der Waals surface area contributed by atoms with Crippen molar-refractivity contribution in [2.75, 3.05) is 7.05 Å². The lowest BCUT2D eigenvalue weighted by molar-refractivity contribution is -0.106. The predicted octanol–water partition coefficient (Wildman–Crippen LogP) is -0.728. The summed E-state index contributed by atoms with van der Waals surface area (Å²) in [5.41, 5.74) is 0. The molecule has 40 valence electrons. The van der Waals surface area contributed by atoms with Gasteiger partial charge in [0, 0.05) is 35.3 Å². The minimum Gasteiger partial charge on any atom is -0.394 e. The van der Waals surface area contributed by atoms with E-state index in [1.165, 1.54) is 0 Å². The SMILES string of the molecule is CN/C=C\C(=[NH2+])Br. The molecule has 3 heteroatoms. The molecule has 0 rings (SSSR count). The Morgan fingerprint density at radius 3 is 2.57 bits per heavy atom. The lowest BCUT2D eigenvalue weighted by Crippen LogP contribution is -2.34. The van der Waals surface area contributed by atoms with Gasteiger partial charge in [-0.3, -0.25) is 0 Å². The van der Waals surface area contributed by atoms with Crippen molar-refractivity contribution in [1.82, 2.24) is 5.32 Å². The van der Waals surface area contributed by atoms with E-state index in [1.54, 1.807) is 12.3 Å². The minimum absolute atomic E-state index is 0.627. The minimum atomic E-state index is 0.627. The van der Waals surface area contributed by atoms with E-state index in [-0.39, 0.29) is 0 Å². The van der Waals surface area contributed by atoms with Gasteiger partial charge in [0.2, 0.25) is 4.62 Å². The van der Waals surface area contributed by atoms with Gasteiger partial charge in [-0.2, -0.15) is 0 Å². The number of nitrogens with one attached hydrogen (secondary N) is 1. The fourth-order valence-electron chi connectivity index (χ4n) is 0.163. The molecule has 2 nitrogen and oxygen atoms in total. The van der Waals surface area contributed by atoms with Gasteiger partial charge in [0.05, 0.1) is 0 Å². The zero-order valence-corrected chi connectivity index (χ0v) is 5.70. The van der Waals surface area contributed by atoms with Crippen LogP contribution in [0.25, 0.3) is 0 Å². The highest BCUT2D eigenvalue weighted by molar-refractivity contribution is 9.18. The van der Waals surface area contributed by atoms with Gasteiger partial charge < -0.3 is 5.32 Å². The molecular formula is C4H8BrN2+. The summed E-state index contributed by atoms with van der Waals surface area (Å²) in [5.74, 6) is 0. The van der Waals surface area contributed by atoms with Crippen LogP contribution in [0.5, 0.6) is 0 Å². The largest absolute Gasteiger partial charge is 0.394 e. The second-order valence-corrected chi connectivity index (χ2v) is 1.92. The van der Waals surface area contributed by atoms with Crippen molar-refractivity contribution in [2.24, 2.45) is 0 Å². The van der Waals surface area contributed by atoms with E-state index in [9.17, 15) is 0 Å². The molecule has 0 atom stereocenters. The molecule has 0 saturated heterocycles. The maximum absolute atomic E-state index is 5.18. The lowest BCUT2D eigenvalue weighted by Gasteiger charge is -1.77. The highest BCUT2D eigenvalue weighted by atomic mass is 79.9. The number of hydrogen-bond acceptors (Lipinski definition) is 1. The summed E-state index contributed by atoms with van der Waals surface area (Å²) in [7, 11) is 1.81. The first-order valence-corrected chi connectivity index (χ1v) is 2.68. The summed E-state index contributed by atoms with van der Waals surface area (Å²) < 4.78 is 0.627. The number of halogens is 1. The van der Waals surface area contributed by atoms with Crippen molar-refractivity contribution in [3.8, 4) is 0 Å². The molecule has 7 heavy (non-hydrogen) atoms. The third kappa shape index (κ3) is 5.69. The van der Waals surface area contributed by atoms with Gasteiger partial charge in [-0.05, 0) is 0 Å². The Morgan fingerprint density at radius 2 is 2.43 bits per heavy atom. The Morgan fingerprint density at radius 1 is 1.86 bits per heavy atom. The average molecular weight is 164 g/mol. The van der Waals surface area contributed by atoms with Crippen LogP contribution in [0, 0.1) is 0 Å². The molecule has 3 N–H and O–H groups in total. The predicted molar refractivity (Wildman–Crippen MR) is 34.1 cm³/mol. The Kier molecular flexibility index (Phi) is 3.69. The molecule has 0 unspecified atom stereocenters. The number of rotatable bonds is 2. The third-order valence-electron chi connectivity index (χ3n) is 0.409. The van der Waals surface area contributed by atoms with Crippen LogP contribution < -0.4 is 10.7 Å². The first-order valence-electron chi connectivity index (χ1n) is 1.89. The summed E-state index contributed by atoms with van der Waals surface area (Å²) in [6.45, 7) is 0. The first-order chi connectivity index (χ1) is 3.27. The van der Waals surface area contributed by atoms with Crippen LogP contribution in [0.15, 0.2) is 12.3 Å². The lowest BCUT2D eigenvalue weighted by atomic mass is 10.7. The smallest absolute Gasteiger partial charge is 0.240 e. The molecule has 0 radical (unpaired) electrons. The summed E-state index contributed by atoms with van der Waals surface area (Å²) >= 11 is 3.04. The van der Waals surface area contributed by atoms with Gasteiger partial charge in [-0.15, -0.1) is 0 Å². The molecule has 0 amide bonds. The van der Waals surface area contributed by atoms with Crippen LogP contribution in [0.3, 0.4) is 0 Å². The first kappa shape index (κ1) is 6.69. The molecule has 0 aromatic rings. The molecule has 0 saturated carbocycles. The molecule has 0 aromatic heterocycles. The van der Waals surface area contributed by atoms with Crippen molar-refractivity contribution in [2.45, 2.75) is 0 Å². The van der Waals surface area contributed by atoms with Crippen LogP contribution >= 0.6 is 15.9 Å². The van der Waals surface area contributed by atoms with E-state index < -0.39 is 0 Å². The molecule has 0 aliphatic carbocycles. The number of hydrogen-bond donors (Lipinski definition) is 2. The Hall–Kier alpha value is -0.310. The van der Waals surface area contributed by atoms with E-state index in [1.807, 2.05) is 7.05 Å². The molecule has 0 aromatic carbocycles. The normalized spacial score (nSPS) is 9.43. The molecule has 0 fully saturated rings. The standard InChI is InChI=1S/C4H7BrN2/c1-7-3-2-4(5)6/h2-3,6-7H,1H3/p+1/b3-2-,6-4?. The van der Waals surface area contributed by atoms with E-state index in [2.05, 4.69) is 21.2 Å². The van der Waals surface area contributed by atoms with Crippen LogP contribution in [0.4, 0.5) is 0 Å². The second-order valence-electron chi connectivity index (χ2n) is 1.01. The van der Waals surface area contributed by atoms with Gasteiger partial charge in [0.25, 0.3) is 0 Å². The van der Waals surface area contributed by atoms with Gasteiger partial charge in [-0.25, -0.2) is 5.41 Å². The van der Waals surface area contributed by atoms with Crippen LogP contribution in [0.1, 0.15) is 0 Å². The number of nitrogens with two attached hydrogens (primary N) is 1. The molecule has 0 bridgehead atoms. The molecule has 0 heterocycles. The molecule has 0 aliphatic heterocycles. The van der Waals surface area contributed by atoms with Crippen molar-refractivity contribution >= 4 is 20.6 Å². The van der Waals surface area contributed by atoms with Crippen molar-refractivity contribution in [1.29, 1.82) is 0 Å². The Bertz CT molecular complexity index is 87.7. The summed E-state index contributed by atoms with van der Waals surface area (Å²) in [4.78, 5) is 0. The summed E-state index contributed by atoms with van der Waals surface area (Å²) in [6, 6.07) is 0. The van der Waals surface area contributed by atoms with Crippen molar-refractivity contribution in [3.63, 3.8) is 0 Å². The highest BCUT2D eigenvalue weighted by Gasteiger charge is 1.80. The van der Waals surface area contributed by atoms with E-state index in [0.29, 0.717) is 4.62 Å². The van der Waals surface area contributed by atoms with Gasteiger partial charge in [0.15, 0.2) is 0 Å². The zero-order valence-electron chi connectivity index (χ0n) is 4.11. The second kappa shape index (κ2) is 3.87. The fraction of sp³-hybridized carbons (Fsp3) is 0.250. The van der Waals surface area contributed by atoms with Crippen molar-refractivity contribution < 1.29 is 5.41 Å². The Balaban J connectivity index is 3.26. The van der Waals surface area contributed by atoms with E-state index in [4.69, 9.17) is 5.41 Å². The van der Waals surface area contributed by atoms with Gasteiger partial charge in [-0.1, -0.05) is 0 Å². The Labute approximate surface area is 51.2 Å². The van der Waals surface area contributed by atoms with Crippen molar-refractivity contribution in [3.05, 3.63) is 12.3 Å². The summed E-state index contributed by atoms with van der Waals surface area (Å²) in [5, 5.41) is 7.97. The highest BCUT2D eigenvalue weighted by Crippen LogP contribution is 1.78. The quantitative estimate of drug-likeness (QED) is 0.519. The molecule has 0 aliphatic rings. The monoisotopic (exact) mass is 163 g/mol. The van der Waals surface area contributed by atoms with E-state index in [0.717, 1.165) is 0 Å². The topological polar surface area (TPSA) is 37.6 Å².